The highest BCUT2D eigenvalue weighted by atomic mass is 35.5. The van der Waals surface area contributed by atoms with Gasteiger partial charge in [0.2, 0.25) is 0 Å². The van der Waals surface area contributed by atoms with Crippen molar-refractivity contribution in [1.82, 2.24) is 19.6 Å². The minimum atomic E-state index is -0.225. The van der Waals surface area contributed by atoms with E-state index in [4.69, 9.17) is 16.3 Å². The van der Waals surface area contributed by atoms with Crippen LogP contribution in [0.5, 0.6) is 5.75 Å². The zero-order valence-corrected chi connectivity index (χ0v) is 18.1. The molecule has 1 fully saturated rings. The Hall–Kier alpha value is -2.90. The Kier molecular flexibility index (Phi) is 6.53. The quantitative estimate of drug-likeness (QED) is 0.579. The van der Waals surface area contributed by atoms with E-state index in [1.54, 1.807) is 40.0 Å². The average Bonchev–Trinajstić information content (AvgIpc) is 3.22. The van der Waals surface area contributed by atoms with Crippen LogP contribution in [0, 0.1) is 12.7 Å². The summed E-state index contributed by atoms with van der Waals surface area (Å²) in [6.45, 7) is 5.51. The maximum absolute atomic E-state index is 13.4. The van der Waals surface area contributed by atoms with Gasteiger partial charge in [-0.1, -0.05) is 23.7 Å². The van der Waals surface area contributed by atoms with Crippen LogP contribution in [-0.2, 0) is 13.3 Å². The molecule has 3 aromatic rings. The molecule has 1 amide bonds. The number of aromatic nitrogens is 2. The molecule has 0 N–H and O–H groups in total. The molecule has 8 heteroatoms. The van der Waals surface area contributed by atoms with E-state index < -0.39 is 0 Å². The van der Waals surface area contributed by atoms with Gasteiger partial charge in [0, 0.05) is 43.9 Å². The lowest BCUT2D eigenvalue weighted by atomic mass is 10.2. The van der Waals surface area contributed by atoms with Gasteiger partial charge in [0.05, 0.1) is 0 Å². The summed E-state index contributed by atoms with van der Waals surface area (Å²) in [6, 6.07) is 13.8. The van der Waals surface area contributed by atoms with Crippen molar-refractivity contribution >= 4 is 17.5 Å². The fraction of sp³-hybridized carbons (Fsp3) is 0.304. The monoisotopic (exact) mass is 442 g/mol. The molecule has 1 aliphatic rings. The van der Waals surface area contributed by atoms with E-state index >= 15 is 0 Å². The zero-order chi connectivity index (χ0) is 21.8. The van der Waals surface area contributed by atoms with Gasteiger partial charge in [0.1, 0.15) is 11.6 Å². The fourth-order valence-corrected chi connectivity index (χ4v) is 3.85. The van der Waals surface area contributed by atoms with E-state index in [1.165, 1.54) is 6.07 Å². The highest BCUT2D eigenvalue weighted by molar-refractivity contribution is 6.30. The summed E-state index contributed by atoms with van der Waals surface area (Å²) in [5.41, 5.74) is 2.27. The summed E-state index contributed by atoms with van der Waals surface area (Å²) in [7, 11) is 0. The number of piperazine rings is 1. The molecule has 31 heavy (non-hydrogen) atoms. The smallest absolute Gasteiger partial charge is 0.274 e. The second-order valence-corrected chi connectivity index (χ2v) is 8.06. The number of nitrogens with zero attached hydrogens (tertiary/aromatic N) is 4. The number of amides is 1. The Bertz CT molecular complexity index is 1060. The largest absolute Gasteiger partial charge is 0.471 e. The van der Waals surface area contributed by atoms with Crippen LogP contribution in [0.25, 0.3) is 0 Å². The summed E-state index contributed by atoms with van der Waals surface area (Å²) in [4.78, 5) is 16.8. The van der Waals surface area contributed by atoms with Crippen molar-refractivity contribution in [3.8, 4) is 5.75 Å². The second kappa shape index (κ2) is 9.49. The maximum atomic E-state index is 13.4. The molecular weight excluding hydrogens is 419 g/mol. The molecule has 0 aliphatic carbocycles. The third-order valence-electron chi connectivity index (χ3n) is 5.30. The lowest BCUT2D eigenvalue weighted by Gasteiger charge is -2.34. The number of aryl methyl sites for hydroxylation is 1. The van der Waals surface area contributed by atoms with Gasteiger partial charge in [-0.05, 0) is 54.4 Å². The first-order chi connectivity index (χ1) is 15.0. The van der Waals surface area contributed by atoms with Crippen molar-refractivity contribution in [2.75, 3.05) is 26.2 Å². The summed E-state index contributed by atoms with van der Waals surface area (Å²) in [5.74, 6) is 0.408. The SMILES string of the molecule is Cc1cc(Cl)ccc1OCn1ccc(C(=O)N2CCN(Cc3cccc(F)c3)CC2)n1. The molecule has 162 valence electrons. The predicted molar refractivity (Wildman–Crippen MR) is 117 cm³/mol. The van der Waals surface area contributed by atoms with Gasteiger partial charge in [-0.3, -0.25) is 9.69 Å². The van der Waals surface area contributed by atoms with E-state index in [9.17, 15) is 9.18 Å². The van der Waals surface area contributed by atoms with Crippen LogP contribution in [0.4, 0.5) is 4.39 Å². The first-order valence-corrected chi connectivity index (χ1v) is 10.5. The van der Waals surface area contributed by atoms with Crippen molar-refractivity contribution in [3.05, 3.63) is 82.4 Å². The molecule has 0 spiro atoms. The van der Waals surface area contributed by atoms with E-state index in [-0.39, 0.29) is 18.5 Å². The number of carbonyl (C=O) groups excluding carboxylic acids is 1. The van der Waals surface area contributed by atoms with Gasteiger partial charge < -0.3 is 9.64 Å². The Morgan fingerprint density at radius 2 is 1.94 bits per heavy atom. The van der Waals surface area contributed by atoms with E-state index in [2.05, 4.69) is 10.00 Å². The Balaban J connectivity index is 1.29. The summed E-state index contributed by atoms with van der Waals surface area (Å²) in [5, 5.41) is 5.02. The number of rotatable bonds is 6. The van der Waals surface area contributed by atoms with Gasteiger partial charge >= 0.3 is 0 Å². The van der Waals surface area contributed by atoms with Crippen LogP contribution >= 0.6 is 11.6 Å². The first-order valence-electron chi connectivity index (χ1n) is 10.2. The Morgan fingerprint density at radius 3 is 2.68 bits per heavy atom. The van der Waals surface area contributed by atoms with Gasteiger partial charge in [-0.25, -0.2) is 9.07 Å². The molecule has 1 aromatic heterocycles. The maximum Gasteiger partial charge on any atom is 0.274 e. The number of benzene rings is 2. The molecule has 1 aliphatic heterocycles. The van der Waals surface area contributed by atoms with Crippen LogP contribution in [0.3, 0.4) is 0 Å². The molecule has 1 saturated heterocycles. The van der Waals surface area contributed by atoms with Crippen molar-refractivity contribution in [3.63, 3.8) is 0 Å². The fourth-order valence-electron chi connectivity index (χ4n) is 3.62. The Labute approximate surface area is 185 Å². The van der Waals surface area contributed by atoms with Gasteiger partial charge in [0.15, 0.2) is 12.4 Å². The van der Waals surface area contributed by atoms with Crippen LogP contribution in [0.1, 0.15) is 21.6 Å². The van der Waals surface area contributed by atoms with Gasteiger partial charge in [-0.2, -0.15) is 5.10 Å². The second-order valence-electron chi connectivity index (χ2n) is 7.62. The molecule has 4 rings (SSSR count). The number of hydrogen-bond donors (Lipinski definition) is 0. The molecule has 2 aromatic carbocycles. The molecule has 0 saturated carbocycles. The van der Waals surface area contributed by atoms with Crippen molar-refractivity contribution in [1.29, 1.82) is 0 Å². The number of hydrogen-bond acceptors (Lipinski definition) is 4. The third-order valence-corrected chi connectivity index (χ3v) is 5.54. The van der Waals surface area contributed by atoms with Crippen molar-refractivity contribution < 1.29 is 13.9 Å². The molecule has 2 heterocycles. The minimum absolute atomic E-state index is 0.0909. The molecule has 0 unspecified atom stereocenters. The predicted octanol–water partition coefficient (Wildman–Crippen LogP) is 3.98. The molecule has 0 bridgehead atoms. The highest BCUT2D eigenvalue weighted by Gasteiger charge is 2.23. The lowest BCUT2D eigenvalue weighted by Crippen LogP contribution is -2.48. The van der Waals surface area contributed by atoms with E-state index in [0.717, 1.165) is 30.0 Å². The topological polar surface area (TPSA) is 50.6 Å². The normalized spacial score (nSPS) is 14.6. The highest BCUT2D eigenvalue weighted by Crippen LogP contribution is 2.22. The molecule has 6 nitrogen and oxygen atoms in total. The van der Waals surface area contributed by atoms with Crippen LogP contribution in [-0.4, -0.2) is 51.7 Å². The zero-order valence-electron chi connectivity index (χ0n) is 17.3. The van der Waals surface area contributed by atoms with Crippen LogP contribution in [0.2, 0.25) is 5.02 Å². The summed E-state index contributed by atoms with van der Waals surface area (Å²) < 4.78 is 20.7. The third kappa shape index (κ3) is 5.42. The number of carbonyl (C=O) groups is 1. The average molecular weight is 443 g/mol. The van der Waals surface area contributed by atoms with Gasteiger partial charge in [0.25, 0.3) is 5.91 Å². The van der Waals surface area contributed by atoms with Crippen molar-refractivity contribution in [2.24, 2.45) is 0 Å². The van der Waals surface area contributed by atoms with E-state index in [0.29, 0.717) is 30.4 Å². The molecule has 0 radical (unpaired) electrons. The summed E-state index contributed by atoms with van der Waals surface area (Å²) in [6.07, 6.45) is 1.73. The first kappa shape index (κ1) is 21.3. The van der Waals surface area contributed by atoms with E-state index in [1.807, 2.05) is 25.1 Å². The number of halogens is 2. The van der Waals surface area contributed by atoms with Crippen LogP contribution in [0.15, 0.2) is 54.7 Å². The van der Waals surface area contributed by atoms with Crippen LogP contribution < -0.4 is 4.74 Å². The standard InChI is InChI=1S/C23H24ClFN4O2/c1-17-13-19(24)5-6-22(17)31-16-29-8-7-21(26-29)23(30)28-11-9-27(10-12-28)15-18-3-2-4-20(25)14-18/h2-8,13-14H,9-12,15-16H2,1H3. The molecular formula is C23H24ClFN4O2. The molecule has 0 atom stereocenters. The Morgan fingerprint density at radius 1 is 1.13 bits per heavy atom. The number of ether oxygens (including phenoxy) is 1. The van der Waals surface area contributed by atoms with Crippen molar-refractivity contribution in [2.45, 2.75) is 20.2 Å². The lowest BCUT2D eigenvalue weighted by molar-refractivity contribution is 0.0620. The minimum Gasteiger partial charge on any atom is -0.471 e. The van der Waals surface area contributed by atoms with Gasteiger partial charge in [-0.15, -0.1) is 0 Å². The summed E-state index contributed by atoms with van der Waals surface area (Å²) >= 11 is 5.97.